The Hall–Kier alpha value is -2.94. The molecule has 0 spiro atoms. The van der Waals surface area contributed by atoms with Crippen LogP contribution < -0.4 is 5.73 Å². The van der Waals surface area contributed by atoms with Crippen LogP contribution in [0, 0.1) is 13.8 Å². The van der Waals surface area contributed by atoms with Crippen LogP contribution in [0.4, 0.5) is 5.82 Å². The maximum atomic E-state index is 6.16. The third-order valence-electron chi connectivity index (χ3n) is 5.37. The molecule has 0 radical (unpaired) electrons. The lowest BCUT2D eigenvalue weighted by Gasteiger charge is -2.10. The number of benzene rings is 2. The molecule has 136 valence electrons. The van der Waals surface area contributed by atoms with E-state index in [0.29, 0.717) is 5.82 Å². The van der Waals surface area contributed by atoms with E-state index in [9.17, 15) is 0 Å². The summed E-state index contributed by atoms with van der Waals surface area (Å²) in [6.45, 7) is 6.47. The Labute approximate surface area is 160 Å². The number of aryl methyl sites for hydroxylation is 5. The maximum Gasteiger partial charge on any atom is 0.150 e. The summed E-state index contributed by atoms with van der Waals surface area (Å²) >= 11 is 0. The third-order valence-corrected chi connectivity index (χ3v) is 5.37. The van der Waals surface area contributed by atoms with Gasteiger partial charge in [-0.25, -0.2) is 4.98 Å². The van der Waals surface area contributed by atoms with E-state index in [1.54, 1.807) is 0 Å². The lowest BCUT2D eigenvalue weighted by atomic mass is 9.97. The van der Waals surface area contributed by atoms with Crippen LogP contribution in [0.15, 0.2) is 48.7 Å². The lowest BCUT2D eigenvalue weighted by molar-refractivity contribution is 0.940. The first-order valence-electron chi connectivity index (χ1n) is 9.58. The highest BCUT2D eigenvalue weighted by Gasteiger charge is 2.09. The number of hydrogen-bond acceptors (Lipinski definition) is 3. The van der Waals surface area contributed by atoms with Gasteiger partial charge in [-0.3, -0.25) is 4.98 Å². The molecular formula is C24H25N3. The Morgan fingerprint density at radius 2 is 1.74 bits per heavy atom. The number of hydrogen-bond donors (Lipinski definition) is 1. The number of nitrogens with two attached hydrogens (primary N) is 1. The minimum Gasteiger partial charge on any atom is -0.382 e. The SMILES string of the molecule is CCc1ccc(CCc2cnc3c(N)nc4cc(C)ccc4c3c2)c(C)c1. The van der Waals surface area contributed by atoms with Gasteiger partial charge in [0.1, 0.15) is 5.52 Å². The van der Waals surface area contributed by atoms with Crippen LogP contribution in [0.5, 0.6) is 0 Å². The van der Waals surface area contributed by atoms with Crippen LogP contribution in [0.25, 0.3) is 21.8 Å². The van der Waals surface area contributed by atoms with Crippen LogP contribution in [0.3, 0.4) is 0 Å². The van der Waals surface area contributed by atoms with Gasteiger partial charge in [0.2, 0.25) is 0 Å². The first-order chi connectivity index (χ1) is 13.0. The second-order valence-corrected chi connectivity index (χ2v) is 7.37. The van der Waals surface area contributed by atoms with Crippen LogP contribution in [-0.4, -0.2) is 9.97 Å². The Bertz CT molecular complexity index is 1150. The van der Waals surface area contributed by atoms with Gasteiger partial charge in [0, 0.05) is 17.0 Å². The van der Waals surface area contributed by atoms with Crippen molar-refractivity contribution in [2.24, 2.45) is 0 Å². The molecule has 0 amide bonds. The van der Waals surface area contributed by atoms with Gasteiger partial charge in [0.25, 0.3) is 0 Å². The van der Waals surface area contributed by atoms with E-state index in [2.05, 4.69) is 73.2 Å². The minimum absolute atomic E-state index is 0.501. The second-order valence-electron chi connectivity index (χ2n) is 7.37. The van der Waals surface area contributed by atoms with E-state index in [4.69, 9.17) is 5.73 Å². The molecule has 0 aliphatic carbocycles. The lowest BCUT2D eigenvalue weighted by Crippen LogP contribution is -1.99. The molecule has 0 unspecified atom stereocenters. The predicted octanol–water partition coefficient (Wildman–Crippen LogP) is 5.33. The summed E-state index contributed by atoms with van der Waals surface area (Å²) < 4.78 is 0. The van der Waals surface area contributed by atoms with Crippen molar-refractivity contribution in [3.63, 3.8) is 0 Å². The smallest absolute Gasteiger partial charge is 0.150 e. The van der Waals surface area contributed by atoms with Crippen LogP contribution in [0.1, 0.15) is 34.7 Å². The summed E-state index contributed by atoms with van der Waals surface area (Å²) in [5.41, 5.74) is 14.5. The Morgan fingerprint density at radius 3 is 2.52 bits per heavy atom. The zero-order valence-corrected chi connectivity index (χ0v) is 16.2. The summed E-state index contributed by atoms with van der Waals surface area (Å²) in [5.74, 6) is 0.501. The number of nitrogens with zero attached hydrogens (tertiary/aromatic N) is 2. The first-order valence-corrected chi connectivity index (χ1v) is 9.58. The molecule has 2 aromatic carbocycles. The van der Waals surface area contributed by atoms with Gasteiger partial charge in [0.05, 0.1) is 5.52 Å². The molecule has 0 saturated carbocycles. The van der Waals surface area contributed by atoms with E-state index in [1.807, 2.05) is 6.20 Å². The van der Waals surface area contributed by atoms with Crippen LogP contribution >= 0.6 is 0 Å². The number of nitrogen functional groups attached to an aromatic ring is 1. The molecule has 3 heteroatoms. The highest BCUT2D eigenvalue weighted by molar-refractivity contribution is 6.08. The first kappa shape index (κ1) is 17.5. The monoisotopic (exact) mass is 355 g/mol. The fraction of sp³-hybridized carbons (Fsp3) is 0.250. The highest BCUT2D eigenvalue weighted by Crippen LogP contribution is 2.28. The summed E-state index contributed by atoms with van der Waals surface area (Å²) in [6, 6.07) is 15.4. The van der Waals surface area contributed by atoms with Crippen molar-refractivity contribution in [1.82, 2.24) is 9.97 Å². The molecule has 0 bridgehead atoms. The average Bonchev–Trinajstić information content (AvgIpc) is 2.66. The molecule has 27 heavy (non-hydrogen) atoms. The van der Waals surface area contributed by atoms with Gasteiger partial charge >= 0.3 is 0 Å². The van der Waals surface area contributed by atoms with Gasteiger partial charge in [-0.05, 0) is 73.1 Å². The topological polar surface area (TPSA) is 51.8 Å². The van der Waals surface area contributed by atoms with Gasteiger partial charge in [-0.2, -0.15) is 0 Å². The molecule has 3 nitrogen and oxygen atoms in total. The Morgan fingerprint density at radius 1 is 0.889 bits per heavy atom. The molecule has 4 aromatic rings. The standard InChI is InChI=1S/C24H25N3/c1-4-17-6-8-19(16(3)12-17)9-7-18-13-21-20-10-5-15(2)11-22(20)27-24(25)23(21)26-14-18/h5-6,8,10-14H,4,7,9H2,1-3H3,(H2,25,27). The Kier molecular flexibility index (Phi) is 4.53. The van der Waals surface area contributed by atoms with E-state index >= 15 is 0 Å². The van der Waals surface area contributed by atoms with Crippen molar-refractivity contribution in [2.45, 2.75) is 40.0 Å². The van der Waals surface area contributed by atoms with E-state index in [-0.39, 0.29) is 0 Å². The molecule has 0 fully saturated rings. The highest BCUT2D eigenvalue weighted by atomic mass is 14.9. The maximum absolute atomic E-state index is 6.16. The van der Waals surface area contributed by atoms with Crippen molar-refractivity contribution >= 4 is 27.6 Å². The molecular weight excluding hydrogens is 330 g/mol. The predicted molar refractivity (Wildman–Crippen MR) is 114 cm³/mol. The zero-order valence-electron chi connectivity index (χ0n) is 16.2. The molecule has 2 heterocycles. The van der Waals surface area contributed by atoms with Crippen molar-refractivity contribution < 1.29 is 0 Å². The van der Waals surface area contributed by atoms with Gasteiger partial charge in [-0.15, -0.1) is 0 Å². The molecule has 0 atom stereocenters. The van der Waals surface area contributed by atoms with Gasteiger partial charge in [-0.1, -0.05) is 37.3 Å². The van der Waals surface area contributed by atoms with Crippen molar-refractivity contribution in [3.05, 3.63) is 76.5 Å². The number of aromatic nitrogens is 2. The quantitative estimate of drug-likeness (QED) is 0.503. The van der Waals surface area contributed by atoms with E-state index in [0.717, 1.165) is 41.1 Å². The molecule has 2 N–H and O–H groups in total. The average molecular weight is 355 g/mol. The van der Waals surface area contributed by atoms with Crippen LogP contribution in [-0.2, 0) is 19.3 Å². The van der Waals surface area contributed by atoms with Gasteiger partial charge in [0.15, 0.2) is 5.82 Å². The largest absolute Gasteiger partial charge is 0.382 e. The molecule has 4 rings (SSSR count). The van der Waals surface area contributed by atoms with Gasteiger partial charge < -0.3 is 5.73 Å². The molecule has 0 saturated heterocycles. The summed E-state index contributed by atoms with van der Waals surface area (Å²) in [7, 11) is 0. The fourth-order valence-corrected chi connectivity index (χ4v) is 3.74. The Balaban J connectivity index is 1.69. The number of pyridine rings is 2. The molecule has 0 aliphatic heterocycles. The van der Waals surface area contributed by atoms with Crippen molar-refractivity contribution in [2.75, 3.05) is 5.73 Å². The fourth-order valence-electron chi connectivity index (χ4n) is 3.74. The minimum atomic E-state index is 0.501. The summed E-state index contributed by atoms with van der Waals surface area (Å²) in [5, 5.41) is 2.20. The number of anilines is 1. The summed E-state index contributed by atoms with van der Waals surface area (Å²) in [6.07, 6.45) is 5.00. The molecule has 2 aromatic heterocycles. The molecule has 0 aliphatic rings. The van der Waals surface area contributed by atoms with E-state index in [1.165, 1.54) is 27.8 Å². The number of rotatable bonds is 4. The van der Waals surface area contributed by atoms with Crippen molar-refractivity contribution in [1.29, 1.82) is 0 Å². The normalized spacial score (nSPS) is 11.4. The second kappa shape index (κ2) is 6.99. The third kappa shape index (κ3) is 3.37. The zero-order chi connectivity index (χ0) is 19.0. The van der Waals surface area contributed by atoms with Crippen molar-refractivity contribution in [3.8, 4) is 0 Å². The van der Waals surface area contributed by atoms with Crippen LogP contribution in [0.2, 0.25) is 0 Å². The number of fused-ring (bicyclic) bond motifs is 3. The van der Waals surface area contributed by atoms with E-state index < -0.39 is 0 Å². The summed E-state index contributed by atoms with van der Waals surface area (Å²) in [4.78, 5) is 9.16.